The Morgan fingerprint density at radius 2 is 2.20 bits per heavy atom. The monoisotopic (exact) mass is 272 g/mol. The van der Waals surface area contributed by atoms with E-state index in [2.05, 4.69) is 35.0 Å². The van der Waals surface area contributed by atoms with Crippen LogP contribution in [0.4, 0.5) is 0 Å². The van der Waals surface area contributed by atoms with Gasteiger partial charge in [-0.3, -0.25) is 4.90 Å². The van der Waals surface area contributed by atoms with E-state index in [1.807, 2.05) is 6.08 Å². The minimum absolute atomic E-state index is 0.334. The minimum atomic E-state index is 0.334. The lowest BCUT2D eigenvalue weighted by Crippen LogP contribution is -2.41. The van der Waals surface area contributed by atoms with Crippen molar-refractivity contribution in [3.05, 3.63) is 47.9 Å². The van der Waals surface area contributed by atoms with Crippen LogP contribution in [0.3, 0.4) is 0 Å². The number of hydrogen-bond donors (Lipinski definition) is 1. The Morgan fingerprint density at radius 1 is 1.40 bits per heavy atom. The number of allylic oxidation sites excluding steroid dienone is 4. The number of nitrogens with zero attached hydrogens (tertiary/aromatic N) is 1. The molecule has 0 radical (unpaired) electrons. The Hall–Kier alpha value is -1.48. The maximum atomic E-state index is 5.39. The molecule has 2 heterocycles. The van der Waals surface area contributed by atoms with Gasteiger partial charge in [0.1, 0.15) is 0 Å². The first-order chi connectivity index (χ1) is 9.77. The van der Waals surface area contributed by atoms with Gasteiger partial charge in [0.05, 0.1) is 12.9 Å². The van der Waals surface area contributed by atoms with E-state index in [9.17, 15) is 0 Å². The number of piperidine rings is 1. The smallest absolute Gasteiger partial charge is 0.0993 e. The van der Waals surface area contributed by atoms with Gasteiger partial charge in [0.2, 0.25) is 0 Å². The molecule has 3 nitrogen and oxygen atoms in total. The van der Waals surface area contributed by atoms with Crippen molar-refractivity contribution >= 4 is 0 Å². The Morgan fingerprint density at radius 3 is 2.90 bits per heavy atom. The Balaban J connectivity index is 1.77. The van der Waals surface area contributed by atoms with Crippen LogP contribution in [-0.4, -0.2) is 38.2 Å². The van der Waals surface area contributed by atoms with Crippen LogP contribution in [0, 0.1) is 5.41 Å². The van der Waals surface area contributed by atoms with E-state index in [-0.39, 0.29) is 0 Å². The summed E-state index contributed by atoms with van der Waals surface area (Å²) in [5.74, 6) is 1.04. The molecule has 3 heteroatoms. The lowest BCUT2D eigenvalue weighted by atomic mass is 9.73. The maximum Gasteiger partial charge on any atom is 0.0993 e. The maximum absolute atomic E-state index is 5.39. The van der Waals surface area contributed by atoms with Gasteiger partial charge in [-0.2, -0.15) is 0 Å². The zero-order chi connectivity index (χ0) is 14.0. The molecule has 1 N–H and O–H groups in total. The normalized spacial score (nSPS) is 24.9. The molecule has 0 aromatic rings. The average molecular weight is 272 g/mol. The summed E-state index contributed by atoms with van der Waals surface area (Å²) in [4.78, 5) is 2.50. The summed E-state index contributed by atoms with van der Waals surface area (Å²) in [5, 5.41) is 3.60. The van der Waals surface area contributed by atoms with Crippen molar-refractivity contribution in [2.75, 3.05) is 33.3 Å². The second kappa shape index (κ2) is 5.49. The van der Waals surface area contributed by atoms with Crippen molar-refractivity contribution in [3.63, 3.8) is 0 Å². The minimum Gasteiger partial charge on any atom is -0.501 e. The van der Waals surface area contributed by atoms with E-state index in [1.54, 1.807) is 7.11 Å². The fourth-order valence-corrected chi connectivity index (χ4v) is 3.61. The van der Waals surface area contributed by atoms with Gasteiger partial charge in [0, 0.05) is 30.6 Å². The number of rotatable bonds is 3. The molecule has 0 aromatic heterocycles. The fourth-order valence-electron chi connectivity index (χ4n) is 3.61. The largest absolute Gasteiger partial charge is 0.501 e. The van der Waals surface area contributed by atoms with E-state index < -0.39 is 0 Å². The summed E-state index contributed by atoms with van der Waals surface area (Å²) in [7, 11) is 1.75. The van der Waals surface area contributed by atoms with Crippen LogP contribution in [0.2, 0.25) is 0 Å². The molecular formula is C17H24N2O. The summed E-state index contributed by atoms with van der Waals surface area (Å²) < 4.78 is 5.39. The predicted octanol–water partition coefficient (Wildman–Crippen LogP) is 2.60. The topological polar surface area (TPSA) is 24.5 Å². The summed E-state index contributed by atoms with van der Waals surface area (Å²) >= 11 is 0. The Kier molecular flexibility index (Phi) is 3.70. The quantitative estimate of drug-likeness (QED) is 0.799. The first-order valence-corrected chi connectivity index (χ1v) is 7.50. The molecule has 20 heavy (non-hydrogen) atoms. The first-order valence-electron chi connectivity index (χ1n) is 7.50. The SMILES string of the molecule is C=CCN1CCC2(CC1)CNC1=CC=C(OC)CC=C12. The van der Waals surface area contributed by atoms with Crippen LogP contribution < -0.4 is 5.32 Å². The van der Waals surface area contributed by atoms with Crippen molar-refractivity contribution in [3.8, 4) is 0 Å². The Labute approximate surface area is 121 Å². The molecule has 2 aliphatic heterocycles. The summed E-state index contributed by atoms with van der Waals surface area (Å²) in [6, 6.07) is 0. The van der Waals surface area contributed by atoms with Crippen LogP contribution in [0.1, 0.15) is 19.3 Å². The standard InChI is InChI=1S/C17H24N2O/c1-3-10-19-11-8-17(9-12-19)13-18-16-7-5-14(20-2)4-6-15(16)17/h3,5-7,18H,1,4,8-13H2,2H3. The van der Waals surface area contributed by atoms with Gasteiger partial charge in [-0.25, -0.2) is 0 Å². The molecule has 0 amide bonds. The third kappa shape index (κ3) is 2.31. The molecule has 0 aromatic carbocycles. The number of hydrogen-bond acceptors (Lipinski definition) is 3. The molecule has 0 bridgehead atoms. The van der Waals surface area contributed by atoms with E-state index in [4.69, 9.17) is 4.74 Å². The van der Waals surface area contributed by atoms with Crippen molar-refractivity contribution in [1.29, 1.82) is 0 Å². The number of fused-ring (bicyclic) bond motifs is 2. The number of likely N-dealkylation sites (tertiary alicyclic amines) is 1. The molecule has 0 atom stereocenters. The highest BCUT2D eigenvalue weighted by molar-refractivity contribution is 5.45. The van der Waals surface area contributed by atoms with Crippen LogP contribution >= 0.6 is 0 Å². The molecule has 2 saturated heterocycles. The molecule has 1 aliphatic carbocycles. The van der Waals surface area contributed by atoms with Crippen molar-refractivity contribution < 1.29 is 4.74 Å². The summed E-state index contributed by atoms with van der Waals surface area (Å²) in [6.07, 6.45) is 12.0. The third-order valence-corrected chi connectivity index (χ3v) is 4.88. The van der Waals surface area contributed by atoms with Gasteiger partial charge in [0.25, 0.3) is 0 Å². The Bertz CT molecular complexity index is 479. The van der Waals surface area contributed by atoms with Gasteiger partial charge in [0.15, 0.2) is 0 Å². The van der Waals surface area contributed by atoms with Gasteiger partial charge in [-0.1, -0.05) is 12.2 Å². The second-order valence-corrected chi connectivity index (χ2v) is 5.96. The number of ether oxygens (including phenoxy) is 1. The second-order valence-electron chi connectivity index (χ2n) is 5.96. The van der Waals surface area contributed by atoms with Gasteiger partial charge in [-0.15, -0.1) is 6.58 Å². The first kappa shape index (κ1) is 13.5. The van der Waals surface area contributed by atoms with Gasteiger partial charge >= 0.3 is 0 Å². The van der Waals surface area contributed by atoms with Crippen molar-refractivity contribution in [2.24, 2.45) is 5.41 Å². The van der Waals surface area contributed by atoms with Crippen molar-refractivity contribution in [1.82, 2.24) is 10.2 Å². The highest BCUT2D eigenvalue weighted by atomic mass is 16.5. The van der Waals surface area contributed by atoms with E-state index in [0.717, 1.165) is 25.3 Å². The van der Waals surface area contributed by atoms with Crippen LogP contribution in [-0.2, 0) is 4.74 Å². The zero-order valence-corrected chi connectivity index (χ0v) is 12.3. The van der Waals surface area contributed by atoms with Crippen LogP contribution in [0.15, 0.2) is 47.9 Å². The zero-order valence-electron chi connectivity index (χ0n) is 12.3. The van der Waals surface area contributed by atoms with E-state index >= 15 is 0 Å². The predicted molar refractivity (Wildman–Crippen MR) is 82.2 cm³/mol. The number of nitrogens with one attached hydrogen (secondary N) is 1. The van der Waals surface area contributed by atoms with Crippen LogP contribution in [0.25, 0.3) is 0 Å². The molecule has 1 spiro atoms. The highest BCUT2D eigenvalue weighted by Gasteiger charge is 2.43. The molecular weight excluding hydrogens is 248 g/mol. The van der Waals surface area contributed by atoms with Crippen molar-refractivity contribution in [2.45, 2.75) is 19.3 Å². The molecule has 108 valence electrons. The van der Waals surface area contributed by atoms with E-state index in [1.165, 1.54) is 37.2 Å². The lowest BCUT2D eigenvalue weighted by Gasteiger charge is -2.39. The third-order valence-electron chi connectivity index (χ3n) is 4.88. The molecule has 0 unspecified atom stereocenters. The highest BCUT2D eigenvalue weighted by Crippen LogP contribution is 2.46. The lowest BCUT2D eigenvalue weighted by molar-refractivity contribution is 0.155. The molecule has 0 saturated carbocycles. The van der Waals surface area contributed by atoms with E-state index in [0.29, 0.717) is 5.41 Å². The molecule has 3 aliphatic rings. The van der Waals surface area contributed by atoms with Gasteiger partial charge < -0.3 is 10.1 Å². The summed E-state index contributed by atoms with van der Waals surface area (Å²) in [5.41, 5.74) is 3.15. The fraction of sp³-hybridized carbons (Fsp3) is 0.529. The van der Waals surface area contributed by atoms with Gasteiger partial charge in [-0.05, 0) is 43.7 Å². The average Bonchev–Trinajstić information content (AvgIpc) is 2.68. The molecule has 3 rings (SSSR count). The van der Waals surface area contributed by atoms with Crippen LogP contribution in [0.5, 0.6) is 0 Å². The number of methoxy groups -OCH3 is 1. The molecule has 2 fully saturated rings. The summed E-state index contributed by atoms with van der Waals surface area (Å²) in [6.45, 7) is 8.28.